The van der Waals surface area contributed by atoms with Gasteiger partial charge in [-0.05, 0) is 85.1 Å². The molecule has 176 valence electrons. The van der Waals surface area contributed by atoms with E-state index < -0.39 is 0 Å². The first-order chi connectivity index (χ1) is 16.0. The van der Waals surface area contributed by atoms with Gasteiger partial charge >= 0.3 is 5.97 Å². The Bertz CT molecular complexity index is 1010. The summed E-state index contributed by atoms with van der Waals surface area (Å²) in [4.78, 5) is 14.0. The van der Waals surface area contributed by atoms with Crippen LogP contribution in [0.2, 0.25) is 0 Å². The van der Waals surface area contributed by atoms with E-state index in [1.807, 2.05) is 12.1 Å². The van der Waals surface area contributed by atoms with E-state index in [2.05, 4.69) is 36.9 Å². The lowest BCUT2D eigenvalue weighted by Gasteiger charge is -2.39. The van der Waals surface area contributed by atoms with Crippen LogP contribution in [0.4, 0.5) is 4.39 Å². The molecule has 0 N–H and O–H groups in total. The second kappa shape index (κ2) is 10.5. The number of hydrogen-bond donors (Lipinski definition) is 0. The Labute approximate surface area is 196 Å². The highest BCUT2D eigenvalue weighted by molar-refractivity contribution is 5.74. The van der Waals surface area contributed by atoms with E-state index in [0.717, 1.165) is 56.6 Å². The van der Waals surface area contributed by atoms with Crippen LogP contribution in [0.3, 0.4) is 0 Å². The molecule has 33 heavy (non-hydrogen) atoms. The monoisotopic (exact) mass is 451 g/mol. The fraction of sp³-hybridized carbons (Fsp3) is 0.464. The maximum Gasteiger partial charge on any atom is 0.311 e. The Morgan fingerprint density at radius 3 is 2.61 bits per heavy atom. The normalized spacial score (nSPS) is 17.3. The summed E-state index contributed by atoms with van der Waals surface area (Å²) in [5.41, 5.74) is 6.62. The number of benzene rings is 2. The van der Waals surface area contributed by atoms with Gasteiger partial charge in [-0.1, -0.05) is 30.7 Å². The number of carbonyl (C=O) groups is 1. The number of carbonyl (C=O) groups excluding carboxylic acids is 1. The van der Waals surface area contributed by atoms with E-state index in [9.17, 15) is 9.18 Å². The zero-order valence-electron chi connectivity index (χ0n) is 19.9. The van der Waals surface area contributed by atoms with E-state index in [0.29, 0.717) is 12.5 Å². The van der Waals surface area contributed by atoms with Crippen LogP contribution in [0, 0.1) is 17.7 Å². The summed E-state index contributed by atoms with van der Waals surface area (Å²) >= 11 is 0. The Balaban J connectivity index is 1.34. The van der Waals surface area contributed by atoms with Crippen LogP contribution in [-0.4, -0.2) is 44.2 Å². The quantitative estimate of drug-likeness (QED) is 0.485. The molecule has 1 aliphatic carbocycles. The molecule has 5 heteroatoms. The molecule has 0 aromatic heterocycles. The number of nitrogens with zero attached hydrogens (tertiary/aromatic N) is 1. The Morgan fingerprint density at radius 1 is 1.15 bits per heavy atom. The van der Waals surface area contributed by atoms with Crippen molar-refractivity contribution in [1.82, 2.24) is 4.90 Å². The minimum Gasteiger partial charge on any atom is -0.493 e. The van der Waals surface area contributed by atoms with Gasteiger partial charge in [0.15, 0.2) is 0 Å². The maximum absolute atomic E-state index is 13.2. The van der Waals surface area contributed by atoms with Crippen molar-refractivity contribution in [3.63, 3.8) is 0 Å². The lowest BCUT2D eigenvalue weighted by atomic mass is 9.85. The van der Waals surface area contributed by atoms with E-state index in [1.165, 1.54) is 41.5 Å². The third-order valence-corrected chi connectivity index (χ3v) is 7.11. The lowest BCUT2D eigenvalue weighted by molar-refractivity contribution is -0.151. The molecule has 4 nitrogen and oxygen atoms in total. The SMILES string of the molecule is CC[C@H](COc1ccc2c(c1)CCC(CN1CC(C(=O)OC)C1)=C2C)Cc1ccc(F)cc1. The smallest absolute Gasteiger partial charge is 0.311 e. The number of hydrogen-bond acceptors (Lipinski definition) is 4. The summed E-state index contributed by atoms with van der Waals surface area (Å²) in [7, 11) is 1.46. The highest BCUT2D eigenvalue weighted by atomic mass is 19.1. The number of ether oxygens (including phenoxy) is 2. The van der Waals surface area contributed by atoms with Gasteiger partial charge in [0, 0.05) is 19.6 Å². The Kier molecular flexibility index (Phi) is 7.49. The highest BCUT2D eigenvalue weighted by Crippen LogP contribution is 2.34. The first-order valence-electron chi connectivity index (χ1n) is 12.0. The number of halogens is 1. The summed E-state index contributed by atoms with van der Waals surface area (Å²) < 4.78 is 24.2. The zero-order valence-corrected chi connectivity index (χ0v) is 19.9. The topological polar surface area (TPSA) is 38.8 Å². The number of aryl methyl sites for hydroxylation is 1. The number of esters is 1. The number of fused-ring (bicyclic) bond motifs is 1. The summed E-state index contributed by atoms with van der Waals surface area (Å²) in [6, 6.07) is 13.2. The molecular weight excluding hydrogens is 417 g/mol. The second-order valence-electron chi connectivity index (χ2n) is 9.38. The summed E-state index contributed by atoms with van der Waals surface area (Å²) in [5, 5.41) is 0. The minimum atomic E-state index is -0.195. The summed E-state index contributed by atoms with van der Waals surface area (Å²) in [5.74, 6) is 1.05. The fourth-order valence-electron chi connectivity index (χ4n) is 4.87. The van der Waals surface area contributed by atoms with Gasteiger partial charge in [0.25, 0.3) is 0 Å². The van der Waals surface area contributed by atoms with Crippen molar-refractivity contribution in [1.29, 1.82) is 0 Å². The number of rotatable bonds is 9. The minimum absolute atomic E-state index is 0.0292. The molecule has 0 spiro atoms. The van der Waals surface area contributed by atoms with Gasteiger partial charge < -0.3 is 9.47 Å². The van der Waals surface area contributed by atoms with E-state index >= 15 is 0 Å². The summed E-state index contributed by atoms with van der Waals surface area (Å²) in [6.45, 7) is 7.55. The van der Waals surface area contributed by atoms with Gasteiger partial charge in [0.05, 0.1) is 19.6 Å². The van der Waals surface area contributed by atoms with Crippen molar-refractivity contribution in [2.24, 2.45) is 11.8 Å². The molecule has 0 unspecified atom stereocenters. The molecule has 2 aliphatic rings. The average Bonchev–Trinajstić information content (AvgIpc) is 2.80. The molecule has 0 saturated carbocycles. The zero-order chi connectivity index (χ0) is 23.4. The molecule has 4 rings (SSSR count). The molecule has 0 radical (unpaired) electrons. The van der Waals surface area contributed by atoms with Gasteiger partial charge in [-0.25, -0.2) is 4.39 Å². The predicted octanol–water partition coefficient (Wildman–Crippen LogP) is 5.30. The molecule has 2 aromatic carbocycles. The van der Waals surface area contributed by atoms with Crippen LogP contribution in [0.25, 0.3) is 5.57 Å². The van der Waals surface area contributed by atoms with E-state index in [-0.39, 0.29) is 17.7 Å². The molecule has 1 aliphatic heterocycles. The van der Waals surface area contributed by atoms with E-state index in [1.54, 1.807) is 0 Å². The molecule has 0 bridgehead atoms. The molecule has 2 aromatic rings. The molecule has 1 heterocycles. The van der Waals surface area contributed by atoms with Crippen LogP contribution in [0.1, 0.15) is 43.4 Å². The third kappa shape index (κ3) is 5.64. The molecular formula is C28H34FNO3. The lowest BCUT2D eigenvalue weighted by Crippen LogP contribution is -2.51. The van der Waals surface area contributed by atoms with Crippen molar-refractivity contribution in [3.05, 3.63) is 70.5 Å². The molecule has 1 saturated heterocycles. The van der Waals surface area contributed by atoms with Crippen molar-refractivity contribution in [2.75, 3.05) is 33.4 Å². The van der Waals surface area contributed by atoms with Gasteiger partial charge in [0.2, 0.25) is 0 Å². The van der Waals surface area contributed by atoms with Gasteiger partial charge in [0.1, 0.15) is 11.6 Å². The first-order valence-corrected chi connectivity index (χ1v) is 12.0. The van der Waals surface area contributed by atoms with Crippen LogP contribution >= 0.6 is 0 Å². The fourth-order valence-corrected chi connectivity index (χ4v) is 4.87. The second-order valence-corrected chi connectivity index (χ2v) is 9.38. The predicted molar refractivity (Wildman–Crippen MR) is 129 cm³/mol. The maximum atomic E-state index is 13.2. The number of likely N-dealkylation sites (tertiary alicyclic amines) is 1. The van der Waals surface area contributed by atoms with Crippen LogP contribution < -0.4 is 4.74 Å². The van der Waals surface area contributed by atoms with Crippen LogP contribution in [-0.2, 0) is 22.4 Å². The highest BCUT2D eigenvalue weighted by Gasteiger charge is 2.34. The number of methoxy groups -OCH3 is 1. The van der Waals surface area contributed by atoms with Gasteiger partial charge in [-0.3, -0.25) is 9.69 Å². The number of allylic oxidation sites excluding steroid dienone is 1. The Hall–Kier alpha value is -2.66. The Morgan fingerprint density at radius 2 is 1.91 bits per heavy atom. The first kappa shape index (κ1) is 23.5. The van der Waals surface area contributed by atoms with Gasteiger partial charge in [-0.15, -0.1) is 0 Å². The summed E-state index contributed by atoms with van der Waals surface area (Å²) in [6.07, 6.45) is 3.96. The van der Waals surface area contributed by atoms with Crippen molar-refractivity contribution in [2.45, 2.75) is 39.5 Å². The van der Waals surface area contributed by atoms with Crippen LogP contribution in [0.5, 0.6) is 5.75 Å². The molecule has 0 amide bonds. The molecule has 1 atom stereocenters. The third-order valence-electron chi connectivity index (χ3n) is 7.11. The van der Waals surface area contributed by atoms with Crippen molar-refractivity contribution >= 4 is 11.5 Å². The standard InChI is InChI=1S/C28H34FNO3/c1-4-20(13-21-5-9-25(29)10-6-21)18-33-26-11-12-27-19(2)23(8-7-22(27)14-26)15-30-16-24(17-30)28(31)32-3/h5-6,9-12,14,20,24H,4,7-8,13,15-18H2,1-3H3/t20-/m0/s1. The van der Waals surface area contributed by atoms with E-state index in [4.69, 9.17) is 9.47 Å². The van der Waals surface area contributed by atoms with Crippen molar-refractivity contribution in [3.8, 4) is 5.75 Å². The largest absolute Gasteiger partial charge is 0.493 e. The average molecular weight is 452 g/mol. The molecule has 1 fully saturated rings. The van der Waals surface area contributed by atoms with Crippen LogP contribution in [0.15, 0.2) is 48.0 Å². The van der Waals surface area contributed by atoms with Gasteiger partial charge in [-0.2, -0.15) is 0 Å². The van der Waals surface area contributed by atoms with Crippen molar-refractivity contribution < 1.29 is 18.7 Å².